The third-order valence-corrected chi connectivity index (χ3v) is 9.92. The van der Waals surface area contributed by atoms with Crippen molar-refractivity contribution in [2.75, 3.05) is 33.1 Å². The first-order valence-electron chi connectivity index (χ1n) is 17.4. The van der Waals surface area contributed by atoms with Crippen LogP contribution in [0.3, 0.4) is 0 Å². The first-order valence-corrected chi connectivity index (χ1v) is 17.4. The molecule has 0 atom stereocenters. The molecule has 2 aliphatic heterocycles. The first kappa shape index (κ1) is 35.4. The van der Waals surface area contributed by atoms with Crippen LogP contribution in [-0.2, 0) is 0 Å². The van der Waals surface area contributed by atoms with Crippen LogP contribution >= 0.6 is 0 Å². The number of aromatic carboxylic acids is 1. The van der Waals surface area contributed by atoms with Crippen molar-refractivity contribution in [2.45, 2.75) is 27.7 Å². The molecule has 3 heterocycles. The van der Waals surface area contributed by atoms with Crippen LogP contribution in [0.1, 0.15) is 46.7 Å². The van der Waals surface area contributed by atoms with Gasteiger partial charge in [-0.3, -0.25) is 13.6 Å². The maximum Gasteiger partial charge on any atom is 0.677 e. The molecule has 0 amide bonds. The maximum absolute atomic E-state index is 14.5. The molecular weight excluding hydrogens is 669 g/mol. The smallest absolute Gasteiger partial charge is 0.478 e. The lowest BCUT2D eigenvalue weighted by atomic mass is 9.88. The van der Waals surface area contributed by atoms with E-state index in [1.807, 2.05) is 137 Å². The molecule has 3 aromatic carbocycles. The number of aliphatic imine (C=N–C) groups is 1. The monoisotopic (exact) mass is 709 g/mol. The van der Waals surface area contributed by atoms with E-state index in [-0.39, 0.29) is 5.56 Å². The Morgan fingerprint density at radius 1 is 0.868 bits per heavy atom. The largest absolute Gasteiger partial charge is 0.677 e. The minimum absolute atomic E-state index is 0.147. The number of halogens is 2. The first-order chi connectivity index (χ1) is 25.2. The minimum atomic E-state index is -2.73. The Kier molecular flexibility index (Phi) is 9.02. The summed E-state index contributed by atoms with van der Waals surface area (Å²) in [6.45, 7) is 7.35. The van der Waals surface area contributed by atoms with Crippen molar-refractivity contribution < 1.29 is 22.9 Å². The SMILES string of the molecule is CC1=CC(C)=N/C1=C(/c1ccc(-c2ccc(-c3c4ccc(=[N+](C)C)cc-4oc4cc(N(C)C)ccc34)c(C(=O)O)c2)cc1)c1c(C)cc(C)n1B(F)F. The van der Waals surface area contributed by atoms with Gasteiger partial charge in [-0.1, -0.05) is 36.4 Å². The summed E-state index contributed by atoms with van der Waals surface area (Å²) < 4.78 is 38.5. The quantitative estimate of drug-likeness (QED) is 0.102. The van der Waals surface area contributed by atoms with Gasteiger partial charge in [-0.15, -0.1) is 0 Å². The average Bonchev–Trinajstić information content (AvgIpc) is 3.61. The standard InChI is InChI=1S/C43H39BF2N4O3/c1-24-19-26(3)47-41(24)39(42-25(2)20-27(4)50(42)44(45)46)29-11-9-28(10-12-29)30-13-16-33(36(21-30)43(51)52)40-34-17-14-31(48(5)6)22-37(34)53-38-23-32(49(7)8)15-18-35(38)40/h9-23H,1-8H3/p+1. The minimum Gasteiger partial charge on any atom is -0.478 e. The van der Waals surface area contributed by atoms with Crippen molar-refractivity contribution in [2.24, 2.45) is 4.99 Å². The Balaban J connectivity index is 1.39. The summed E-state index contributed by atoms with van der Waals surface area (Å²) in [7, 11) is 5.12. The summed E-state index contributed by atoms with van der Waals surface area (Å²) in [6.07, 6.45) is 1.95. The second-order valence-electron chi connectivity index (χ2n) is 14.0. The molecule has 53 heavy (non-hydrogen) atoms. The summed E-state index contributed by atoms with van der Waals surface area (Å²) in [6, 6.07) is 26.7. The Labute approximate surface area is 307 Å². The third-order valence-electron chi connectivity index (χ3n) is 9.92. The Morgan fingerprint density at radius 2 is 1.57 bits per heavy atom. The Bertz CT molecular complexity index is 2610. The summed E-state index contributed by atoms with van der Waals surface area (Å²) in [5, 5.41) is 12.4. The number of aryl methyl sites for hydroxylation is 2. The predicted octanol–water partition coefficient (Wildman–Crippen LogP) is 9.04. The molecule has 0 radical (unpaired) electrons. The lowest BCUT2D eigenvalue weighted by Crippen LogP contribution is -2.21. The summed E-state index contributed by atoms with van der Waals surface area (Å²) in [5.74, 6) is -0.413. The van der Waals surface area contributed by atoms with Crippen molar-refractivity contribution in [3.8, 4) is 33.6 Å². The van der Waals surface area contributed by atoms with Crippen molar-refractivity contribution >= 4 is 41.3 Å². The molecule has 4 aromatic rings. The molecule has 7 rings (SSSR count). The van der Waals surface area contributed by atoms with Gasteiger partial charge in [0.15, 0.2) is 0 Å². The van der Waals surface area contributed by atoms with Gasteiger partial charge in [0, 0.05) is 71.1 Å². The van der Waals surface area contributed by atoms with Gasteiger partial charge in [-0.25, -0.2) is 9.37 Å². The second kappa shape index (κ2) is 13.5. The normalized spacial score (nSPS) is 13.7. The van der Waals surface area contributed by atoms with Crippen molar-refractivity contribution in [3.63, 3.8) is 0 Å². The van der Waals surface area contributed by atoms with E-state index in [1.165, 1.54) is 0 Å². The number of aromatic nitrogens is 1. The molecule has 1 aliphatic carbocycles. The van der Waals surface area contributed by atoms with E-state index in [4.69, 9.17) is 9.41 Å². The zero-order valence-corrected chi connectivity index (χ0v) is 31.0. The lowest BCUT2D eigenvalue weighted by molar-refractivity contribution is 0.0697. The molecule has 266 valence electrons. The molecule has 1 N–H and O–H groups in total. The van der Waals surface area contributed by atoms with Crippen molar-refractivity contribution in [3.05, 3.63) is 136 Å². The summed E-state index contributed by atoms with van der Waals surface area (Å²) in [5.41, 5.74) is 10.7. The van der Waals surface area contributed by atoms with E-state index in [0.29, 0.717) is 45.1 Å². The average molecular weight is 710 g/mol. The van der Waals surface area contributed by atoms with Gasteiger partial charge in [-0.2, -0.15) is 0 Å². The molecular formula is C43H40BF2N4O3+. The fourth-order valence-corrected chi connectivity index (χ4v) is 7.37. The molecule has 0 unspecified atom stereocenters. The number of hydrogen-bond donors (Lipinski definition) is 1. The molecule has 0 fully saturated rings. The van der Waals surface area contributed by atoms with Gasteiger partial charge in [0.25, 0.3) is 0 Å². The Hall–Kier alpha value is -6.03. The highest BCUT2D eigenvalue weighted by molar-refractivity contribution is 6.41. The van der Waals surface area contributed by atoms with E-state index in [0.717, 1.165) is 60.0 Å². The van der Waals surface area contributed by atoms with Crippen molar-refractivity contribution in [1.29, 1.82) is 0 Å². The topological polar surface area (TPSA) is 74.0 Å². The fourth-order valence-electron chi connectivity index (χ4n) is 7.37. The van der Waals surface area contributed by atoms with Crippen LogP contribution in [0.4, 0.5) is 14.3 Å². The maximum atomic E-state index is 14.5. The van der Waals surface area contributed by atoms with Crippen LogP contribution in [0.25, 0.3) is 50.1 Å². The van der Waals surface area contributed by atoms with Gasteiger partial charge >= 0.3 is 13.4 Å². The van der Waals surface area contributed by atoms with Crippen molar-refractivity contribution in [1.82, 2.24) is 9.05 Å². The van der Waals surface area contributed by atoms with E-state index in [9.17, 15) is 18.5 Å². The van der Waals surface area contributed by atoms with E-state index in [2.05, 4.69) is 0 Å². The number of fused-ring (bicyclic) bond motifs is 2. The number of carboxylic acid groups (broad SMARTS) is 1. The molecule has 0 bridgehead atoms. The third kappa shape index (κ3) is 6.28. The number of anilines is 1. The second-order valence-corrected chi connectivity index (χ2v) is 14.0. The molecule has 10 heteroatoms. The summed E-state index contributed by atoms with van der Waals surface area (Å²) in [4.78, 5) is 19.8. The zero-order chi connectivity index (χ0) is 37.9. The Morgan fingerprint density at radius 3 is 2.19 bits per heavy atom. The fraction of sp³-hybridized carbons (Fsp3) is 0.186. The van der Waals surface area contributed by atoms with E-state index in [1.54, 1.807) is 19.1 Å². The highest BCUT2D eigenvalue weighted by atomic mass is 19.2. The molecule has 0 saturated carbocycles. The number of nitrogens with zero attached hydrogens (tertiary/aromatic N) is 4. The van der Waals surface area contributed by atoms with E-state index < -0.39 is 13.4 Å². The summed E-state index contributed by atoms with van der Waals surface area (Å²) >= 11 is 0. The van der Waals surface area contributed by atoms with Crippen LogP contribution in [-0.4, -0.2) is 56.9 Å². The lowest BCUT2D eigenvalue weighted by Gasteiger charge is -2.19. The van der Waals surface area contributed by atoms with Crippen LogP contribution in [0.15, 0.2) is 112 Å². The van der Waals surface area contributed by atoms with Gasteiger partial charge in [0.1, 0.15) is 25.4 Å². The molecule has 0 saturated heterocycles. The number of allylic oxidation sites excluding steroid dienone is 2. The van der Waals surface area contributed by atoms with E-state index >= 15 is 0 Å². The molecule has 1 aromatic heterocycles. The van der Waals surface area contributed by atoms with Crippen LogP contribution < -0.4 is 14.8 Å². The van der Waals surface area contributed by atoms with Gasteiger partial charge < -0.3 is 18.9 Å². The van der Waals surface area contributed by atoms with Crippen LogP contribution in [0, 0.1) is 13.8 Å². The van der Waals surface area contributed by atoms with Crippen LogP contribution in [0.2, 0.25) is 0 Å². The number of hydrogen-bond acceptors (Lipinski definition) is 4. The highest BCUT2D eigenvalue weighted by Crippen LogP contribution is 2.43. The van der Waals surface area contributed by atoms with Gasteiger partial charge in [0.05, 0.1) is 17.3 Å². The molecule has 0 spiro atoms. The highest BCUT2D eigenvalue weighted by Gasteiger charge is 2.29. The van der Waals surface area contributed by atoms with Gasteiger partial charge in [-0.05, 0) is 97.5 Å². The van der Waals surface area contributed by atoms with Gasteiger partial charge in [0.2, 0.25) is 5.36 Å². The number of carboxylic acids is 1. The number of carbonyl (C=O) groups is 1. The molecule has 7 nitrogen and oxygen atoms in total. The zero-order valence-electron chi connectivity index (χ0n) is 31.0. The number of rotatable bonds is 7. The number of benzene rings is 4. The van der Waals surface area contributed by atoms with Crippen LogP contribution in [0.5, 0.6) is 0 Å². The molecule has 3 aliphatic rings. The predicted molar refractivity (Wildman–Crippen MR) is 212 cm³/mol.